The zero-order chi connectivity index (χ0) is 21.3. The Kier molecular flexibility index (Phi) is 173. The van der Waals surface area contributed by atoms with Gasteiger partial charge in [0.25, 0.3) is 0 Å². The molecule has 0 aromatic rings. The van der Waals surface area contributed by atoms with E-state index in [-0.39, 0.29) is 240 Å². The van der Waals surface area contributed by atoms with Crippen LogP contribution in [0.4, 0.5) is 0 Å². The van der Waals surface area contributed by atoms with E-state index in [1.165, 1.54) is 12.8 Å². The molecular weight excluding hydrogens is 954 g/mol. The van der Waals surface area contributed by atoms with Crippen LogP contribution in [0.2, 0.25) is 0 Å². The minimum Gasteiger partial charge on any atom is -0.372 e. The average molecular weight is 993 g/mol. The Morgan fingerprint density at radius 2 is 0.938 bits per heavy atom. The second-order valence-electron chi connectivity index (χ2n) is 5.81. The molecule has 0 N–H and O–H groups in total. The SMILES string of the molecule is CC1C[CH-]C(C)(C)[CH-]C1.CP=O.CP=O.CP=O.[CH2-]C([CH2-])C.[CH2-]C[CH2-].[V].[Y].[Y].[Y].[Y].[Y].[Y]. The summed E-state index contributed by atoms with van der Waals surface area (Å²) in [6, 6.07) is 0. The summed E-state index contributed by atoms with van der Waals surface area (Å²) < 4.78 is 26.7. The van der Waals surface area contributed by atoms with Crippen molar-refractivity contribution >= 4 is 25.4 Å². The van der Waals surface area contributed by atoms with Crippen LogP contribution in [0.3, 0.4) is 0 Å². The predicted octanol–water partition coefficient (Wildman–Crippen LogP) is 7.89. The molecule has 1 saturated carbocycles. The van der Waals surface area contributed by atoms with Gasteiger partial charge in [-0.3, -0.25) is 19.1 Å². The number of rotatable bonds is 0. The Hall–Kier alpha value is 7.51. The Bertz CT molecular complexity index is 260. The minimum atomic E-state index is 0. The van der Waals surface area contributed by atoms with Gasteiger partial charge in [0.1, 0.15) is 0 Å². The Morgan fingerprint density at radius 3 is 1.03 bits per heavy atom. The van der Waals surface area contributed by atoms with Gasteiger partial charge in [-0.2, -0.15) is 12.8 Å². The molecule has 32 heavy (non-hydrogen) atoms. The van der Waals surface area contributed by atoms with Crippen molar-refractivity contribution in [1.29, 1.82) is 0 Å². The Balaban J connectivity index is -0.0000000155. The molecule has 0 saturated heterocycles. The van der Waals surface area contributed by atoms with Gasteiger partial charge in [-0.15, -0.1) is 20.8 Å². The molecule has 0 unspecified atom stereocenters. The van der Waals surface area contributed by atoms with Crippen molar-refractivity contribution < 1.29 is 229 Å². The quantitative estimate of drug-likeness (QED) is 0.184. The first-order valence-corrected chi connectivity index (χ1v) is 11.8. The fourth-order valence-electron chi connectivity index (χ4n) is 1.19. The van der Waals surface area contributed by atoms with Crippen molar-refractivity contribution in [2.24, 2.45) is 17.3 Å². The zero-order valence-corrected chi connectivity index (χ0v) is 42.3. The van der Waals surface area contributed by atoms with Crippen LogP contribution in [-0.4, -0.2) is 20.0 Å². The second-order valence-corrected chi connectivity index (χ2v) is 6.91. The summed E-state index contributed by atoms with van der Waals surface area (Å²) in [4.78, 5) is 0. The van der Waals surface area contributed by atoms with E-state index in [1.807, 2.05) is 6.92 Å². The molecule has 1 aliphatic carbocycles. The van der Waals surface area contributed by atoms with Crippen molar-refractivity contribution in [2.75, 3.05) is 20.0 Å². The molecule has 1 aliphatic rings. The zero-order valence-electron chi connectivity index (χ0n) is 21.2. The van der Waals surface area contributed by atoms with Gasteiger partial charge in [0.2, 0.25) is 0 Å². The van der Waals surface area contributed by atoms with E-state index in [9.17, 15) is 0 Å². The molecule has 0 spiro atoms. The van der Waals surface area contributed by atoms with Gasteiger partial charge in [-0.1, -0.05) is 12.8 Å². The molecule has 0 aliphatic heterocycles. The van der Waals surface area contributed by atoms with Crippen molar-refractivity contribution in [1.82, 2.24) is 0 Å². The molecule has 177 valence electrons. The molecule has 0 bridgehead atoms. The van der Waals surface area contributed by atoms with Crippen molar-refractivity contribution in [3.8, 4) is 0 Å². The van der Waals surface area contributed by atoms with Gasteiger partial charge in [0, 0.05) is 235 Å². The predicted molar refractivity (Wildman–Crippen MR) is 117 cm³/mol. The number of hydrogen-bond acceptors (Lipinski definition) is 3. The summed E-state index contributed by atoms with van der Waals surface area (Å²) in [7, 11) is 0.500. The summed E-state index contributed by atoms with van der Waals surface area (Å²) in [5, 5.41) is 0. The van der Waals surface area contributed by atoms with Crippen molar-refractivity contribution in [3.05, 3.63) is 40.5 Å². The molecule has 1 rings (SSSR count). The van der Waals surface area contributed by atoms with Crippen LogP contribution in [0.1, 0.15) is 47.0 Å². The van der Waals surface area contributed by atoms with Crippen LogP contribution in [0.5, 0.6) is 0 Å². The van der Waals surface area contributed by atoms with Crippen LogP contribution < -0.4 is 0 Å². The van der Waals surface area contributed by atoms with Crippen LogP contribution in [0.25, 0.3) is 0 Å². The Labute approximate surface area is 370 Å². The first kappa shape index (κ1) is 77.4. The maximum Gasteiger partial charge on any atom is 0.151 e. The third-order valence-corrected chi connectivity index (χ3v) is 2.09. The van der Waals surface area contributed by atoms with E-state index in [4.69, 9.17) is 13.7 Å². The molecule has 0 heterocycles. The van der Waals surface area contributed by atoms with E-state index in [2.05, 4.69) is 61.3 Å². The van der Waals surface area contributed by atoms with E-state index in [0.29, 0.717) is 11.3 Å². The van der Waals surface area contributed by atoms with Gasteiger partial charge in [-0.05, 0) is 0 Å². The largest absolute Gasteiger partial charge is 0.372 e. The molecule has 0 aromatic carbocycles. The van der Waals surface area contributed by atoms with Gasteiger partial charge >= 0.3 is 0 Å². The van der Waals surface area contributed by atoms with Crippen LogP contribution in [0.15, 0.2) is 0 Å². The summed E-state index contributed by atoms with van der Waals surface area (Å²) >= 11 is 0. The fourth-order valence-corrected chi connectivity index (χ4v) is 1.19. The van der Waals surface area contributed by atoms with Crippen molar-refractivity contribution in [2.45, 2.75) is 47.0 Å². The fraction of sp³-hybridized carbons (Fsp3) is 0.684. The molecule has 0 amide bonds. The second kappa shape index (κ2) is 71.6. The smallest absolute Gasteiger partial charge is 0.151 e. The first-order valence-electron chi connectivity index (χ1n) is 8.07. The maximum atomic E-state index is 8.90. The standard InChI is InChI=1S/C9H16.C4H8.C3H6.3CH3OP.V.6Y/c1-8-4-6-9(2,3)7-5-8;1-4(2)3;4*1-3-2;;;;;;;/h6-8H,4-5H2,1-3H3;4H,1-2H2,3H3;1-3H2;3*1H3;;;;;;;/q3*-2;;;;;;;;;;. The molecule has 1 fully saturated rings. The van der Waals surface area contributed by atoms with Gasteiger partial charge < -0.3 is 52.9 Å². The van der Waals surface area contributed by atoms with Crippen LogP contribution in [0, 0.1) is 57.8 Å². The molecule has 0 atom stereocenters. The van der Waals surface area contributed by atoms with E-state index >= 15 is 0 Å². The summed E-state index contributed by atoms with van der Waals surface area (Å²) in [5.74, 6) is 1.22. The maximum absolute atomic E-state index is 8.90. The van der Waals surface area contributed by atoms with E-state index < -0.39 is 0 Å². The first-order chi connectivity index (χ1) is 11.5. The minimum absolute atomic E-state index is 0. The van der Waals surface area contributed by atoms with Crippen LogP contribution >= 0.6 is 25.4 Å². The molecule has 0 aromatic heterocycles. The third kappa shape index (κ3) is 131. The molecule has 13 heteroatoms. The summed E-state index contributed by atoms with van der Waals surface area (Å²) in [5.41, 5.74) is 0.409. The molecule has 7 radical (unpaired) electrons. The molecule has 3 nitrogen and oxygen atoms in total. The number of hydrogen-bond donors (Lipinski definition) is 0. The topological polar surface area (TPSA) is 51.2 Å². The molecular formula is C19H39O3P3VY6-6. The van der Waals surface area contributed by atoms with E-state index in [1.54, 1.807) is 20.0 Å². The third-order valence-electron chi connectivity index (χ3n) is 2.09. The van der Waals surface area contributed by atoms with Crippen LogP contribution in [-0.2, 0) is 229 Å². The van der Waals surface area contributed by atoms with Gasteiger partial charge in [-0.25, -0.2) is 0 Å². The summed E-state index contributed by atoms with van der Waals surface area (Å²) in [6.45, 7) is 27.2. The summed E-state index contributed by atoms with van der Waals surface area (Å²) in [6.07, 6.45) is 8.18. The van der Waals surface area contributed by atoms with E-state index in [0.717, 1.165) is 12.3 Å². The van der Waals surface area contributed by atoms with Crippen molar-refractivity contribution in [3.63, 3.8) is 0 Å². The normalized spacial score (nSPS) is 11.6. The van der Waals surface area contributed by atoms with Gasteiger partial charge in [0.05, 0.1) is 0 Å². The van der Waals surface area contributed by atoms with Gasteiger partial charge in [0.15, 0.2) is 25.4 Å². The monoisotopic (exact) mass is 993 g/mol. The Morgan fingerprint density at radius 1 is 0.812 bits per heavy atom. The average Bonchev–Trinajstić information content (AvgIpc) is 2.45.